The number of benzene rings is 1. The van der Waals surface area contributed by atoms with Crippen molar-refractivity contribution in [1.29, 1.82) is 0 Å². The summed E-state index contributed by atoms with van der Waals surface area (Å²) in [6.07, 6.45) is 3.40. The third-order valence-corrected chi connectivity index (χ3v) is 5.01. The monoisotopic (exact) mass is 263 g/mol. The van der Waals surface area contributed by atoms with Gasteiger partial charge in [0.2, 0.25) is 0 Å². The van der Waals surface area contributed by atoms with Crippen LogP contribution in [-0.2, 0) is 6.42 Å². The highest BCUT2D eigenvalue weighted by atomic mass is 32.1. The van der Waals surface area contributed by atoms with Gasteiger partial charge < -0.3 is 5.73 Å². The Labute approximate surface area is 111 Å². The van der Waals surface area contributed by atoms with Crippen molar-refractivity contribution in [2.45, 2.75) is 43.8 Å². The molecular formula is C15H18FNS. The Morgan fingerprint density at radius 2 is 2.00 bits per heavy atom. The summed E-state index contributed by atoms with van der Waals surface area (Å²) in [6, 6.07) is 8.46. The van der Waals surface area contributed by atoms with Gasteiger partial charge in [0.1, 0.15) is 5.67 Å². The van der Waals surface area contributed by atoms with Crippen molar-refractivity contribution >= 4 is 21.4 Å². The minimum atomic E-state index is -1.04. The van der Waals surface area contributed by atoms with E-state index < -0.39 is 5.67 Å². The van der Waals surface area contributed by atoms with Gasteiger partial charge in [-0.1, -0.05) is 18.2 Å². The molecule has 1 aliphatic carbocycles. The van der Waals surface area contributed by atoms with E-state index in [1.165, 1.54) is 10.1 Å². The van der Waals surface area contributed by atoms with E-state index in [2.05, 4.69) is 17.5 Å². The number of hydrogen-bond donors (Lipinski definition) is 1. The summed E-state index contributed by atoms with van der Waals surface area (Å²) in [7, 11) is 0. The molecule has 1 aromatic carbocycles. The minimum Gasteiger partial charge on any atom is -0.328 e. The first kappa shape index (κ1) is 12.1. The van der Waals surface area contributed by atoms with Gasteiger partial charge in [0.25, 0.3) is 0 Å². The van der Waals surface area contributed by atoms with Crippen molar-refractivity contribution in [2.24, 2.45) is 5.73 Å². The summed E-state index contributed by atoms with van der Waals surface area (Å²) in [5.74, 6) is 0. The quantitative estimate of drug-likeness (QED) is 0.869. The lowest BCUT2D eigenvalue weighted by Crippen LogP contribution is -2.37. The molecule has 0 amide bonds. The molecule has 0 saturated heterocycles. The second-order valence-corrected chi connectivity index (χ2v) is 6.33. The summed E-state index contributed by atoms with van der Waals surface area (Å²) in [5.41, 5.74) is 5.97. The predicted molar refractivity (Wildman–Crippen MR) is 75.8 cm³/mol. The molecule has 0 aliphatic heterocycles. The first-order valence-corrected chi connectivity index (χ1v) is 7.44. The molecule has 2 N–H and O–H groups in total. The van der Waals surface area contributed by atoms with E-state index >= 15 is 0 Å². The van der Waals surface area contributed by atoms with Crippen molar-refractivity contribution in [3.63, 3.8) is 0 Å². The zero-order valence-electron chi connectivity index (χ0n) is 10.4. The van der Waals surface area contributed by atoms with Crippen LogP contribution in [0.3, 0.4) is 0 Å². The Hall–Kier alpha value is -0.930. The van der Waals surface area contributed by atoms with Crippen molar-refractivity contribution < 1.29 is 4.39 Å². The Morgan fingerprint density at radius 1 is 1.28 bits per heavy atom. The molecule has 0 spiro atoms. The maximum absolute atomic E-state index is 14.8. The molecule has 2 aromatic rings. The molecule has 1 nitrogen and oxygen atoms in total. The number of rotatable bonds is 2. The highest BCUT2D eigenvalue weighted by molar-refractivity contribution is 7.17. The molecule has 1 heterocycles. The highest BCUT2D eigenvalue weighted by Crippen LogP contribution is 2.37. The molecule has 0 bridgehead atoms. The van der Waals surface area contributed by atoms with Crippen LogP contribution in [0.1, 0.15) is 31.2 Å². The summed E-state index contributed by atoms with van der Waals surface area (Å²) >= 11 is 1.71. The van der Waals surface area contributed by atoms with E-state index in [0.717, 1.165) is 18.4 Å². The molecule has 0 radical (unpaired) electrons. The van der Waals surface area contributed by atoms with Crippen LogP contribution >= 0.6 is 11.3 Å². The number of halogens is 1. The molecule has 1 fully saturated rings. The Bertz CT molecular complexity index is 540. The van der Waals surface area contributed by atoms with Gasteiger partial charge in [0.05, 0.1) is 0 Å². The summed E-state index contributed by atoms with van der Waals surface area (Å²) in [6.45, 7) is 0. The number of thiophene rings is 1. The van der Waals surface area contributed by atoms with Gasteiger partial charge in [0, 0.05) is 17.2 Å². The normalized spacial score (nSPS) is 28.7. The third kappa shape index (κ3) is 2.29. The maximum Gasteiger partial charge on any atom is 0.115 e. The van der Waals surface area contributed by atoms with Gasteiger partial charge in [-0.25, -0.2) is 4.39 Å². The van der Waals surface area contributed by atoms with E-state index in [0.29, 0.717) is 19.3 Å². The van der Waals surface area contributed by atoms with E-state index in [4.69, 9.17) is 5.73 Å². The topological polar surface area (TPSA) is 26.0 Å². The number of alkyl halides is 1. The van der Waals surface area contributed by atoms with Crippen LogP contribution in [0.4, 0.5) is 4.39 Å². The minimum absolute atomic E-state index is 0.202. The van der Waals surface area contributed by atoms with E-state index in [1.54, 1.807) is 11.3 Å². The number of fused-ring (bicyclic) bond motifs is 1. The lowest BCUT2D eigenvalue weighted by Gasteiger charge is -2.32. The molecular weight excluding hydrogens is 245 g/mol. The van der Waals surface area contributed by atoms with Gasteiger partial charge in [-0.05, 0) is 48.1 Å². The van der Waals surface area contributed by atoms with Crippen LogP contribution in [0.2, 0.25) is 0 Å². The van der Waals surface area contributed by atoms with Crippen molar-refractivity contribution in [3.05, 3.63) is 35.2 Å². The second kappa shape index (κ2) is 4.63. The van der Waals surface area contributed by atoms with Crippen LogP contribution in [0.5, 0.6) is 0 Å². The third-order valence-electron chi connectivity index (χ3n) is 3.99. The molecule has 1 aromatic heterocycles. The fourth-order valence-corrected chi connectivity index (χ4v) is 3.81. The summed E-state index contributed by atoms with van der Waals surface area (Å²) in [5, 5.41) is 3.33. The van der Waals surface area contributed by atoms with E-state index in [9.17, 15) is 4.39 Å². The lowest BCUT2D eigenvalue weighted by molar-refractivity contribution is 0.0999. The van der Waals surface area contributed by atoms with Gasteiger partial charge in [0.15, 0.2) is 0 Å². The van der Waals surface area contributed by atoms with Crippen LogP contribution in [0.15, 0.2) is 29.6 Å². The molecule has 0 unspecified atom stereocenters. The average molecular weight is 263 g/mol. The van der Waals surface area contributed by atoms with E-state index in [-0.39, 0.29) is 6.04 Å². The number of hydrogen-bond acceptors (Lipinski definition) is 2. The average Bonchev–Trinajstić information content (AvgIpc) is 2.77. The molecule has 1 saturated carbocycles. The highest BCUT2D eigenvalue weighted by Gasteiger charge is 2.34. The lowest BCUT2D eigenvalue weighted by atomic mass is 9.80. The molecule has 3 rings (SSSR count). The summed E-state index contributed by atoms with van der Waals surface area (Å²) in [4.78, 5) is 0. The van der Waals surface area contributed by atoms with Gasteiger partial charge in [-0.3, -0.25) is 0 Å². The van der Waals surface area contributed by atoms with Crippen molar-refractivity contribution in [3.8, 4) is 0 Å². The van der Waals surface area contributed by atoms with Crippen LogP contribution in [-0.4, -0.2) is 11.7 Å². The van der Waals surface area contributed by atoms with E-state index in [1.807, 2.05) is 12.1 Å². The van der Waals surface area contributed by atoms with Crippen LogP contribution < -0.4 is 5.73 Å². The Morgan fingerprint density at radius 3 is 2.78 bits per heavy atom. The van der Waals surface area contributed by atoms with Crippen molar-refractivity contribution in [2.75, 3.05) is 0 Å². The van der Waals surface area contributed by atoms with Crippen LogP contribution in [0.25, 0.3) is 10.1 Å². The molecule has 96 valence electrons. The zero-order chi connectivity index (χ0) is 12.6. The molecule has 1 aliphatic rings. The maximum atomic E-state index is 14.8. The van der Waals surface area contributed by atoms with Crippen molar-refractivity contribution in [1.82, 2.24) is 0 Å². The number of nitrogens with two attached hydrogens (primary N) is 1. The standard InChI is InChI=1S/C15H18FNS/c16-15(7-5-12(17)6-8-15)9-11-10-18-14-4-2-1-3-13(11)14/h1-4,10,12H,5-9,17H2. The Kier molecular flexibility index (Phi) is 3.12. The van der Waals surface area contributed by atoms with Gasteiger partial charge in [-0.2, -0.15) is 0 Å². The van der Waals surface area contributed by atoms with Gasteiger partial charge in [-0.15, -0.1) is 11.3 Å². The van der Waals surface area contributed by atoms with Crippen LogP contribution in [0, 0.1) is 0 Å². The zero-order valence-corrected chi connectivity index (χ0v) is 11.2. The second-order valence-electron chi connectivity index (χ2n) is 5.42. The summed E-state index contributed by atoms with van der Waals surface area (Å²) < 4.78 is 16.0. The SMILES string of the molecule is NC1CCC(F)(Cc2csc3ccccc23)CC1. The largest absolute Gasteiger partial charge is 0.328 e. The fraction of sp³-hybridized carbons (Fsp3) is 0.467. The molecule has 18 heavy (non-hydrogen) atoms. The first-order chi connectivity index (χ1) is 8.66. The fourth-order valence-electron chi connectivity index (χ4n) is 2.85. The van der Waals surface area contributed by atoms with Gasteiger partial charge >= 0.3 is 0 Å². The first-order valence-electron chi connectivity index (χ1n) is 6.56. The smallest absolute Gasteiger partial charge is 0.115 e. The molecule has 0 atom stereocenters. The molecule has 3 heteroatoms. The Balaban J connectivity index is 1.84. The predicted octanol–water partition coefficient (Wildman–Crippen LogP) is 4.05.